The highest BCUT2D eigenvalue weighted by molar-refractivity contribution is 5.41. The van der Waals surface area contributed by atoms with Crippen LogP contribution in [0.15, 0.2) is 12.1 Å². The lowest BCUT2D eigenvalue weighted by Crippen LogP contribution is -2.01. The SMILES string of the molecule is COc1ccc(F)c(C(C)O)c1C. The summed E-state index contributed by atoms with van der Waals surface area (Å²) >= 11 is 0. The normalized spacial score (nSPS) is 12.7. The van der Waals surface area contributed by atoms with Gasteiger partial charge in [-0.05, 0) is 31.5 Å². The predicted molar refractivity (Wildman–Crippen MR) is 48.3 cm³/mol. The van der Waals surface area contributed by atoms with Crippen LogP contribution in [0.5, 0.6) is 5.75 Å². The fraction of sp³-hybridized carbons (Fsp3) is 0.400. The molecule has 0 spiro atoms. The average molecular weight is 184 g/mol. The van der Waals surface area contributed by atoms with Gasteiger partial charge in [0.15, 0.2) is 0 Å². The number of rotatable bonds is 2. The van der Waals surface area contributed by atoms with E-state index >= 15 is 0 Å². The molecule has 0 heterocycles. The van der Waals surface area contributed by atoms with Gasteiger partial charge in [0.05, 0.1) is 13.2 Å². The monoisotopic (exact) mass is 184 g/mol. The van der Waals surface area contributed by atoms with Crippen LogP contribution >= 0.6 is 0 Å². The van der Waals surface area contributed by atoms with Crippen molar-refractivity contribution in [2.75, 3.05) is 7.11 Å². The minimum Gasteiger partial charge on any atom is -0.496 e. The smallest absolute Gasteiger partial charge is 0.129 e. The van der Waals surface area contributed by atoms with Gasteiger partial charge in [-0.3, -0.25) is 0 Å². The molecule has 1 atom stereocenters. The molecular weight excluding hydrogens is 171 g/mol. The number of halogens is 1. The van der Waals surface area contributed by atoms with Gasteiger partial charge in [0.1, 0.15) is 11.6 Å². The first kappa shape index (κ1) is 9.99. The number of methoxy groups -OCH3 is 1. The van der Waals surface area contributed by atoms with Crippen molar-refractivity contribution in [3.8, 4) is 5.75 Å². The Morgan fingerprint density at radius 1 is 1.46 bits per heavy atom. The van der Waals surface area contributed by atoms with E-state index in [1.54, 1.807) is 13.0 Å². The third-order valence-electron chi connectivity index (χ3n) is 2.05. The van der Waals surface area contributed by atoms with Crippen LogP contribution in [0.3, 0.4) is 0 Å². The van der Waals surface area contributed by atoms with E-state index in [1.165, 1.54) is 20.1 Å². The van der Waals surface area contributed by atoms with Gasteiger partial charge in [0.2, 0.25) is 0 Å². The molecule has 0 fully saturated rings. The van der Waals surface area contributed by atoms with Crippen molar-refractivity contribution >= 4 is 0 Å². The molecule has 0 radical (unpaired) electrons. The Hall–Kier alpha value is -1.09. The average Bonchev–Trinajstić information content (AvgIpc) is 2.04. The minimum absolute atomic E-state index is 0.305. The molecular formula is C10H13FO2. The topological polar surface area (TPSA) is 29.5 Å². The molecule has 0 aliphatic heterocycles. The predicted octanol–water partition coefficient (Wildman–Crippen LogP) is 2.20. The highest BCUT2D eigenvalue weighted by Crippen LogP contribution is 2.28. The molecule has 0 saturated heterocycles. The molecule has 72 valence electrons. The van der Waals surface area contributed by atoms with Gasteiger partial charge < -0.3 is 9.84 Å². The van der Waals surface area contributed by atoms with E-state index in [0.29, 0.717) is 16.9 Å². The lowest BCUT2D eigenvalue weighted by Gasteiger charge is -2.13. The second-order valence-electron chi connectivity index (χ2n) is 2.96. The van der Waals surface area contributed by atoms with Crippen LogP contribution in [-0.4, -0.2) is 12.2 Å². The van der Waals surface area contributed by atoms with E-state index in [4.69, 9.17) is 4.74 Å². The maximum Gasteiger partial charge on any atom is 0.129 e. The Balaban J connectivity index is 3.30. The first-order valence-corrected chi connectivity index (χ1v) is 4.09. The summed E-state index contributed by atoms with van der Waals surface area (Å²) in [4.78, 5) is 0. The first-order chi connectivity index (χ1) is 6.07. The van der Waals surface area contributed by atoms with E-state index in [2.05, 4.69) is 0 Å². The highest BCUT2D eigenvalue weighted by Gasteiger charge is 2.14. The third-order valence-corrected chi connectivity index (χ3v) is 2.05. The first-order valence-electron chi connectivity index (χ1n) is 4.09. The molecule has 0 aliphatic rings. The molecule has 1 aromatic rings. The Labute approximate surface area is 77.0 Å². The summed E-state index contributed by atoms with van der Waals surface area (Å²) in [6.45, 7) is 3.26. The Bertz CT molecular complexity index is 308. The van der Waals surface area contributed by atoms with Crippen LogP contribution in [0.25, 0.3) is 0 Å². The van der Waals surface area contributed by atoms with Gasteiger partial charge in [0, 0.05) is 5.56 Å². The van der Waals surface area contributed by atoms with Crippen LogP contribution in [0, 0.1) is 12.7 Å². The van der Waals surface area contributed by atoms with E-state index in [0.717, 1.165) is 0 Å². The van der Waals surface area contributed by atoms with Gasteiger partial charge in [-0.2, -0.15) is 0 Å². The molecule has 13 heavy (non-hydrogen) atoms. The molecule has 0 aliphatic carbocycles. The molecule has 2 nitrogen and oxygen atoms in total. The molecule has 1 aromatic carbocycles. The summed E-state index contributed by atoms with van der Waals surface area (Å²) in [7, 11) is 1.52. The minimum atomic E-state index is -0.810. The summed E-state index contributed by atoms with van der Waals surface area (Å²) in [6, 6.07) is 2.85. The number of hydrogen-bond donors (Lipinski definition) is 1. The molecule has 1 rings (SSSR count). The van der Waals surface area contributed by atoms with Crippen LogP contribution in [0.4, 0.5) is 4.39 Å². The molecule has 0 aromatic heterocycles. The van der Waals surface area contributed by atoms with E-state index in [1.807, 2.05) is 0 Å². The van der Waals surface area contributed by atoms with Crippen molar-refractivity contribution < 1.29 is 14.2 Å². The highest BCUT2D eigenvalue weighted by atomic mass is 19.1. The summed E-state index contributed by atoms with van der Waals surface area (Å²) in [6.07, 6.45) is -0.810. The van der Waals surface area contributed by atoms with Gasteiger partial charge >= 0.3 is 0 Å². The van der Waals surface area contributed by atoms with Crippen LogP contribution in [0.1, 0.15) is 24.2 Å². The summed E-state index contributed by atoms with van der Waals surface area (Å²) in [5.74, 6) is 0.200. The third kappa shape index (κ3) is 1.80. The van der Waals surface area contributed by atoms with Gasteiger partial charge in [-0.1, -0.05) is 0 Å². The quantitative estimate of drug-likeness (QED) is 0.763. The molecule has 0 bridgehead atoms. The summed E-state index contributed by atoms with van der Waals surface area (Å²) < 4.78 is 18.2. The Morgan fingerprint density at radius 3 is 2.54 bits per heavy atom. The number of benzene rings is 1. The van der Waals surface area contributed by atoms with Gasteiger partial charge in [0.25, 0.3) is 0 Å². The van der Waals surface area contributed by atoms with Crippen LogP contribution in [0.2, 0.25) is 0 Å². The van der Waals surface area contributed by atoms with Crippen molar-refractivity contribution in [1.29, 1.82) is 0 Å². The fourth-order valence-corrected chi connectivity index (χ4v) is 1.41. The van der Waals surface area contributed by atoms with E-state index in [9.17, 15) is 9.50 Å². The molecule has 0 amide bonds. The maximum absolute atomic E-state index is 13.2. The molecule has 1 N–H and O–H groups in total. The zero-order chi connectivity index (χ0) is 10.0. The van der Waals surface area contributed by atoms with Gasteiger partial charge in [-0.25, -0.2) is 4.39 Å². The Kier molecular flexibility index (Phi) is 2.88. The largest absolute Gasteiger partial charge is 0.496 e. The van der Waals surface area contributed by atoms with E-state index < -0.39 is 11.9 Å². The van der Waals surface area contributed by atoms with E-state index in [-0.39, 0.29) is 0 Å². The maximum atomic E-state index is 13.2. The van der Waals surface area contributed by atoms with Crippen molar-refractivity contribution in [2.45, 2.75) is 20.0 Å². The zero-order valence-electron chi connectivity index (χ0n) is 7.97. The van der Waals surface area contributed by atoms with Crippen molar-refractivity contribution in [2.24, 2.45) is 0 Å². The van der Waals surface area contributed by atoms with Gasteiger partial charge in [-0.15, -0.1) is 0 Å². The van der Waals surface area contributed by atoms with Crippen molar-refractivity contribution in [3.05, 3.63) is 29.1 Å². The number of aliphatic hydroxyl groups excluding tert-OH is 1. The standard InChI is InChI=1S/C10H13FO2/c1-6-9(13-3)5-4-8(11)10(6)7(2)12/h4-5,7,12H,1-3H3. The fourth-order valence-electron chi connectivity index (χ4n) is 1.41. The lowest BCUT2D eigenvalue weighted by atomic mass is 10.0. The van der Waals surface area contributed by atoms with Crippen LogP contribution in [-0.2, 0) is 0 Å². The molecule has 3 heteroatoms. The number of ether oxygens (including phenoxy) is 1. The van der Waals surface area contributed by atoms with Crippen molar-refractivity contribution in [1.82, 2.24) is 0 Å². The number of aliphatic hydroxyl groups is 1. The van der Waals surface area contributed by atoms with Crippen molar-refractivity contribution in [3.63, 3.8) is 0 Å². The Morgan fingerprint density at radius 2 is 2.08 bits per heavy atom. The molecule has 0 saturated carbocycles. The lowest BCUT2D eigenvalue weighted by molar-refractivity contribution is 0.192. The summed E-state index contributed by atoms with van der Waals surface area (Å²) in [5, 5.41) is 9.31. The second-order valence-corrected chi connectivity index (χ2v) is 2.96. The molecule has 1 unspecified atom stereocenters. The zero-order valence-corrected chi connectivity index (χ0v) is 7.97. The van der Waals surface area contributed by atoms with Crippen LogP contribution < -0.4 is 4.74 Å². The second kappa shape index (κ2) is 3.75. The summed E-state index contributed by atoms with van der Waals surface area (Å²) in [5.41, 5.74) is 0.955. The number of hydrogen-bond acceptors (Lipinski definition) is 2.